The summed E-state index contributed by atoms with van der Waals surface area (Å²) in [4.78, 5) is 33.7. The Bertz CT molecular complexity index is 1230. The van der Waals surface area contributed by atoms with Crippen LogP contribution in [0.1, 0.15) is 64.9 Å². The van der Waals surface area contributed by atoms with Gasteiger partial charge in [-0.25, -0.2) is 0 Å². The van der Waals surface area contributed by atoms with Gasteiger partial charge in [0, 0.05) is 55.3 Å². The lowest BCUT2D eigenvalue weighted by atomic mass is 9.82. The number of nitrogens with zero attached hydrogens (tertiary/aromatic N) is 3. The number of anilines is 2. The highest BCUT2D eigenvalue weighted by Gasteiger charge is 2.25. The average Bonchev–Trinajstić information content (AvgIpc) is 2.88. The number of rotatable bonds is 4. The molecule has 0 spiro atoms. The van der Waals surface area contributed by atoms with Crippen molar-refractivity contribution in [2.75, 3.05) is 22.9 Å². The van der Waals surface area contributed by atoms with Crippen LogP contribution < -0.4 is 9.80 Å². The van der Waals surface area contributed by atoms with Crippen molar-refractivity contribution >= 4 is 23.2 Å². The summed E-state index contributed by atoms with van der Waals surface area (Å²) in [6, 6.07) is 16.9. The SMILES string of the molecule is CC(C)(C)c1ccncc1-c1ccc(-c2cc(N3CCCCC3=O)cc(N3CCCCC3=O)c2)cc1. The molecule has 2 aromatic carbocycles. The molecule has 1 aromatic heterocycles. The van der Waals surface area contributed by atoms with Crippen LogP contribution in [0.2, 0.25) is 0 Å². The number of pyridine rings is 1. The summed E-state index contributed by atoms with van der Waals surface area (Å²) >= 11 is 0. The second-order valence-electron chi connectivity index (χ2n) is 11.0. The Balaban J connectivity index is 1.55. The van der Waals surface area contributed by atoms with Crippen molar-refractivity contribution in [1.82, 2.24) is 4.98 Å². The minimum atomic E-state index is 0.0160. The summed E-state index contributed by atoms with van der Waals surface area (Å²) in [6.45, 7) is 8.11. The van der Waals surface area contributed by atoms with E-state index in [2.05, 4.69) is 68.2 Å². The molecule has 3 aromatic rings. The zero-order valence-electron chi connectivity index (χ0n) is 21.6. The van der Waals surface area contributed by atoms with Crippen molar-refractivity contribution in [1.29, 1.82) is 0 Å². The van der Waals surface area contributed by atoms with E-state index in [1.807, 2.05) is 28.3 Å². The molecule has 2 amide bonds. The van der Waals surface area contributed by atoms with Gasteiger partial charge in [0.25, 0.3) is 0 Å². The number of carbonyl (C=O) groups is 2. The van der Waals surface area contributed by atoms with Crippen molar-refractivity contribution in [2.24, 2.45) is 0 Å². The Morgan fingerprint density at radius 1 is 0.694 bits per heavy atom. The van der Waals surface area contributed by atoms with Gasteiger partial charge in [0.15, 0.2) is 0 Å². The second kappa shape index (κ2) is 9.88. The van der Waals surface area contributed by atoms with E-state index in [-0.39, 0.29) is 17.2 Å². The van der Waals surface area contributed by atoms with E-state index in [9.17, 15) is 9.59 Å². The molecule has 2 saturated heterocycles. The molecule has 2 fully saturated rings. The van der Waals surface area contributed by atoms with Crippen LogP contribution in [0.4, 0.5) is 11.4 Å². The highest BCUT2D eigenvalue weighted by molar-refractivity contribution is 5.99. The van der Waals surface area contributed by atoms with Gasteiger partial charge in [0.2, 0.25) is 11.8 Å². The normalized spacial score (nSPS) is 17.0. The van der Waals surface area contributed by atoms with E-state index in [0.717, 1.165) is 72.4 Å². The molecule has 186 valence electrons. The quantitative estimate of drug-likeness (QED) is 0.414. The van der Waals surface area contributed by atoms with Crippen LogP contribution in [-0.2, 0) is 15.0 Å². The smallest absolute Gasteiger partial charge is 0.226 e. The van der Waals surface area contributed by atoms with Crippen molar-refractivity contribution in [3.8, 4) is 22.3 Å². The Morgan fingerprint density at radius 2 is 1.25 bits per heavy atom. The van der Waals surface area contributed by atoms with Crippen LogP contribution in [0.3, 0.4) is 0 Å². The van der Waals surface area contributed by atoms with Gasteiger partial charge in [0.1, 0.15) is 0 Å². The molecule has 0 saturated carbocycles. The summed E-state index contributed by atoms with van der Waals surface area (Å²) in [7, 11) is 0. The van der Waals surface area contributed by atoms with Crippen LogP contribution in [0.15, 0.2) is 60.9 Å². The van der Waals surface area contributed by atoms with Gasteiger partial charge in [0.05, 0.1) is 0 Å². The maximum atomic E-state index is 12.7. The number of aromatic nitrogens is 1. The molecule has 2 aliphatic rings. The summed E-state index contributed by atoms with van der Waals surface area (Å²) < 4.78 is 0. The third-order valence-electron chi connectivity index (χ3n) is 7.33. The lowest BCUT2D eigenvalue weighted by molar-refractivity contribution is -0.120. The van der Waals surface area contributed by atoms with E-state index in [4.69, 9.17) is 0 Å². The minimum absolute atomic E-state index is 0.0160. The molecule has 5 heteroatoms. The zero-order valence-corrected chi connectivity index (χ0v) is 21.6. The summed E-state index contributed by atoms with van der Waals surface area (Å²) in [6.07, 6.45) is 8.86. The molecule has 36 heavy (non-hydrogen) atoms. The van der Waals surface area contributed by atoms with E-state index >= 15 is 0 Å². The Kier molecular flexibility index (Phi) is 6.65. The first kappa shape index (κ1) is 24.2. The fourth-order valence-corrected chi connectivity index (χ4v) is 5.35. The topological polar surface area (TPSA) is 53.5 Å². The molecule has 2 aliphatic heterocycles. The maximum Gasteiger partial charge on any atom is 0.226 e. The highest BCUT2D eigenvalue weighted by Crippen LogP contribution is 2.36. The Labute approximate surface area is 214 Å². The molecule has 5 rings (SSSR count). The first-order valence-electron chi connectivity index (χ1n) is 13.1. The third-order valence-corrected chi connectivity index (χ3v) is 7.33. The van der Waals surface area contributed by atoms with Gasteiger partial charge >= 0.3 is 0 Å². The van der Waals surface area contributed by atoms with Crippen molar-refractivity contribution in [2.45, 2.75) is 64.7 Å². The fourth-order valence-electron chi connectivity index (χ4n) is 5.35. The van der Waals surface area contributed by atoms with Crippen LogP contribution >= 0.6 is 0 Å². The average molecular weight is 482 g/mol. The van der Waals surface area contributed by atoms with Crippen molar-refractivity contribution in [3.05, 3.63) is 66.5 Å². The minimum Gasteiger partial charge on any atom is -0.312 e. The van der Waals surface area contributed by atoms with Gasteiger partial charge in [-0.05, 0) is 77.6 Å². The molecule has 0 radical (unpaired) electrons. The van der Waals surface area contributed by atoms with E-state index in [0.29, 0.717) is 12.8 Å². The molecule has 0 unspecified atom stereocenters. The molecule has 5 nitrogen and oxygen atoms in total. The first-order valence-corrected chi connectivity index (χ1v) is 13.1. The fraction of sp³-hybridized carbons (Fsp3) is 0.387. The summed E-state index contributed by atoms with van der Waals surface area (Å²) in [5.41, 5.74) is 7.41. The number of hydrogen-bond donors (Lipinski definition) is 0. The molecule has 0 aliphatic carbocycles. The largest absolute Gasteiger partial charge is 0.312 e. The van der Waals surface area contributed by atoms with E-state index in [1.54, 1.807) is 0 Å². The molecule has 0 atom stereocenters. The van der Waals surface area contributed by atoms with Gasteiger partial charge < -0.3 is 9.80 Å². The maximum absolute atomic E-state index is 12.7. The molecule has 3 heterocycles. The number of amides is 2. The van der Waals surface area contributed by atoms with Gasteiger partial charge in [-0.3, -0.25) is 14.6 Å². The molecular formula is C31H35N3O2. The third kappa shape index (κ3) is 4.92. The number of carbonyl (C=O) groups excluding carboxylic acids is 2. The lowest BCUT2D eigenvalue weighted by Gasteiger charge is -2.31. The molecular weight excluding hydrogens is 446 g/mol. The summed E-state index contributed by atoms with van der Waals surface area (Å²) in [5, 5.41) is 0. The second-order valence-corrected chi connectivity index (χ2v) is 11.0. The van der Waals surface area contributed by atoms with Crippen LogP contribution in [0.25, 0.3) is 22.3 Å². The number of hydrogen-bond acceptors (Lipinski definition) is 3. The number of benzene rings is 2. The van der Waals surface area contributed by atoms with Gasteiger partial charge in [-0.2, -0.15) is 0 Å². The van der Waals surface area contributed by atoms with Crippen molar-refractivity contribution in [3.63, 3.8) is 0 Å². The van der Waals surface area contributed by atoms with E-state index in [1.165, 1.54) is 5.56 Å². The molecule has 0 bridgehead atoms. The standard InChI is InChI=1S/C31H35N3O2/c1-31(2,3)28-14-15-32-21-27(28)23-12-10-22(11-13-23)24-18-25(33-16-6-4-8-29(33)35)20-26(19-24)34-17-7-5-9-30(34)36/h10-15,18-21H,4-9,16-17H2,1-3H3. The van der Waals surface area contributed by atoms with Gasteiger partial charge in [-0.1, -0.05) is 45.0 Å². The van der Waals surface area contributed by atoms with Crippen LogP contribution in [0.5, 0.6) is 0 Å². The van der Waals surface area contributed by atoms with E-state index < -0.39 is 0 Å². The van der Waals surface area contributed by atoms with Crippen LogP contribution in [0, 0.1) is 0 Å². The summed E-state index contributed by atoms with van der Waals surface area (Å²) in [5.74, 6) is 0.326. The van der Waals surface area contributed by atoms with Crippen molar-refractivity contribution < 1.29 is 9.59 Å². The Morgan fingerprint density at radius 3 is 1.78 bits per heavy atom. The predicted octanol–water partition coefficient (Wildman–Crippen LogP) is 6.75. The Hall–Kier alpha value is -3.47. The molecule has 0 N–H and O–H groups in total. The number of piperidine rings is 2. The van der Waals surface area contributed by atoms with Gasteiger partial charge in [-0.15, -0.1) is 0 Å². The lowest BCUT2D eigenvalue weighted by Crippen LogP contribution is -2.37. The zero-order chi connectivity index (χ0) is 25.3. The highest BCUT2D eigenvalue weighted by atomic mass is 16.2. The monoisotopic (exact) mass is 481 g/mol. The van der Waals surface area contributed by atoms with Crippen LogP contribution in [-0.4, -0.2) is 29.9 Å². The predicted molar refractivity (Wildman–Crippen MR) is 146 cm³/mol. The first-order chi connectivity index (χ1) is 17.3.